The molecule has 0 spiro atoms. The predicted octanol–water partition coefficient (Wildman–Crippen LogP) is 5.01. The van der Waals surface area contributed by atoms with E-state index < -0.39 is 0 Å². The molecule has 33 heavy (non-hydrogen) atoms. The van der Waals surface area contributed by atoms with Crippen LogP contribution in [0.15, 0.2) is 108 Å². The first kappa shape index (κ1) is 23.8. The van der Waals surface area contributed by atoms with Crippen LogP contribution in [0.4, 0.5) is 0 Å². The Balaban J connectivity index is 0.00000306. The molecule has 168 valence electrons. The van der Waals surface area contributed by atoms with Crippen molar-refractivity contribution in [3.05, 3.63) is 136 Å². The van der Waals surface area contributed by atoms with Crippen LogP contribution in [0.1, 0.15) is 22.3 Å². The normalized spacial score (nSPS) is 10.2. The monoisotopic (exact) mass is 459 g/mol. The van der Waals surface area contributed by atoms with Gasteiger partial charge >= 0.3 is 0 Å². The number of hydrogen-bond acceptors (Lipinski definition) is 3. The van der Waals surface area contributed by atoms with Gasteiger partial charge in [-0.3, -0.25) is 10.2 Å². The number of nitrogens with one attached hydrogen (secondary N) is 2. The Kier molecular flexibility index (Phi) is 8.44. The summed E-state index contributed by atoms with van der Waals surface area (Å²) in [6.45, 7) is 1.44. The highest BCUT2D eigenvalue weighted by atomic mass is 35.5. The molecule has 0 bridgehead atoms. The zero-order chi connectivity index (χ0) is 22.2. The van der Waals surface area contributed by atoms with E-state index in [2.05, 4.69) is 5.32 Å². The highest BCUT2D eigenvalue weighted by Crippen LogP contribution is 2.15. The van der Waals surface area contributed by atoms with E-state index >= 15 is 0 Å². The molecule has 0 aliphatic carbocycles. The zero-order valence-corrected chi connectivity index (χ0v) is 18.9. The number of halogens is 1. The Morgan fingerprint density at radius 2 is 1.42 bits per heavy atom. The zero-order valence-electron chi connectivity index (χ0n) is 18.1. The van der Waals surface area contributed by atoms with Crippen LogP contribution >= 0.6 is 12.4 Å². The Morgan fingerprint density at radius 3 is 2.09 bits per heavy atom. The van der Waals surface area contributed by atoms with Gasteiger partial charge in [-0.1, -0.05) is 72.8 Å². The maximum absolute atomic E-state index is 12.9. The summed E-state index contributed by atoms with van der Waals surface area (Å²) < 4.78 is 7.45. The van der Waals surface area contributed by atoms with Crippen molar-refractivity contribution in [2.45, 2.75) is 19.7 Å². The van der Waals surface area contributed by atoms with E-state index in [-0.39, 0.29) is 23.8 Å². The maximum Gasteiger partial charge on any atom is 0.261 e. The lowest BCUT2D eigenvalue weighted by atomic mass is 10.2. The second-order valence-corrected chi connectivity index (χ2v) is 7.49. The first-order valence-electron chi connectivity index (χ1n) is 10.5. The average Bonchev–Trinajstić information content (AvgIpc) is 2.85. The molecule has 0 aliphatic heterocycles. The Morgan fingerprint density at radius 1 is 0.788 bits per heavy atom. The molecular formula is C27H26ClN3O2. The van der Waals surface area contributed by atoms with Gasteiger partial charge in [-0.2, -0.15) is 0 Å². The fraction of sp³-hybridized carbons (Fsp3) is 0.111. The third-order valence-electron chi connectivity index (χ3n) is 5.13. The van der Waals surface area contributed by atoms with Gasteiger partial charge in [0.15, 0.2) is 0 Å². The lowest BCUT2D eigenvalue weighted by molar-refractivity contribution is 0.306. The number of ether oxygens (including phenoxy) is 1. The molecule has 2 N–H and O–H groups in total. The molecule has 5 nitrogen and oxygen atoms in total. The van der Waals surface area contributed by atoms with Gasteiger partial charge in [0.2, 0.25) is 0 Å². The van der Waals surface area contributed by atoms with E-state index in [1.165, 1.54) is 0 Å². The minimum Gasteiger partial charge on any atom is -0.489 e. The first-order valence-corrected chi connectivity index (χ1v) is 10.5. The molecule has 0 atom stereocenters. The third-order valence-corrected chi connectivity index (χ3v) is 5.13. The highest BCUT2D eigenvalue weighted by molar-refractivity contribution is 5.95. The van der Waals surface area contributed by atoms with Gasteiger partial charge in [-0.25, -0.2) is 0 Å². The van der Waals surface area contributed by atoms with Crippen LogP contribution in [0.2, 0.25) is 0 Å². The quantitative estimate of drug-likeness (QED) is 0.287. The molecule has 0 aliphatic rings. The second kappa shape index (κ2) is 11.7. The largest absolute Gasteiger partial charge is 0.489 e. The molecule has 0 saturated heterocycles. The van der Waals surface area contributed by atoms with E-state index in [0.29, 0.717) is 25.3 Å². The van der Waals surface area contributed by atoms with Crippen LogP contribution in [0.5, 0.6) is 5.75 Å². The molecule has 0 unspecified atom stereocenters. The molecule has 1 heterocycles. The fourth-order valence-electron chi connectivity index (χ4n) is 3.36. The molecule has 4 aromatic rings. The Labute approximate surface area is 199 Å². The van der Waals surface area contributed by atoms with Gasteiger partial charge in [-0.05, 0) is 41.0 Å². The van der Waals surface area contributed by atoms with Gasteiger partial charge in [0.25, 0.3) is 5.56 Å². The summed E-state index contributed by atoms with van der Waals surface area (Å²) in [5, 5.41) is 11.3. The average molecular weight is 460 g/mol. The summed E-state index contributed by atoms with van der Waals surface area (Å²) in [5.41, 5.74) is 3.32. The highest BCUT2D eigenvalue weighted by Gasteiger charge is 2.09. The maximum atomic E-state index is 12.9. The lowest BCUT2D eigenvalue weighted by Gasteiger charge is -2.11. The van der Waals surface area contributed by atoms with Gasteiger partial charge < -0.3 is 14.6 Å². The van der Waals surface area contributed by atoms with Crippen molar-refractivity contribution < 1.29 is 4.74 Å². The molecule has 6 heteroatoms. The van der Waals surface area contributed by atoms with Crippen molar-refractivity contribution in [1.29, 1.82) is 5.41 Å². The van der Waals surface area contributed by atoms with Crippen LogP contribution in [-0.4, -0.2) is 10.4 Å². The number of pyridine rings is 1. The van der Waals surface area contributed by atoms with Crippen molar-refractivity contribution in [1.82, 2.24) is 9.88 Å². The number of amidine groups is 1. The van der Waals surface area contributed by atoms with E-state index in [1.807, 2.05) is 84.9 Å². The van der Waals surface area contributed by atoms with Crippen molar-refractivity contribution in [3.63, 3.8) is 0 Å². The van der Waals surface area contributed by atoms with Gasteiger partial charge in [0, 0.05) is 12.7 Å². The Hall–Kier alpha value is -3.83. The van der Waals surface area contributed by atoms with Crippen LogP contribution < -0.4 is 15.6 Å². The second-order valence-electron chi connectivity index (χ2n) is 7.49. The van der Waals surface area contributed by atoms with Crippen molar-refractivity contribution in [3.8, 4) is 5.75 Å². The van der Waals surface area contributed by atoms with E-state index in [1.54, 1.807) is 22.9 Å². The smallest absolute Gasteiger partial charge is 0.261 e. The topological polar surface area (TPSA) is 67.1 Å². The van der Waals surface area contributed by atoms with Crippen LogP contribution in [0.25, 0.3) is 0 Å². The Bertz CT molecular complexity index is 1220. The van der Waals surface area contributed by atoms with E-state index in [0.717, 1.165) is 22.4 Å². The molecule has 0 saturated carbocycles. The van der Waals surface area contributed by atoms with Crippen molar-refractivity contribution >= 4 is 18.2 Å². The molecule has 0 amide bonds. The summed E-state index contributed by atoms with van der Waals surface area (Å²) in [4.78, 5) is 12.9. The van der Waals surface area contributed by atoms with Crippen LogP contribution in [-0.2, 0) is 19.7 Å². The predicted molar refractivity (Wildman–Crippen MR) is 134 cm³/mol. The standard InChI is InChI=1S/C27H25N3O2.ClH/c28-26(29-18-21-8-3-1-4-9-21)25-12-7-17-30(27(25)31)19-22-13-15-24(16-14-22)32-20-23-10-5-2-6-11-23;/h1-17H,18-20H2,(H2,28,29);1H. The van der Waals surface area contributed by atoms with E-state index in [9.17, 15) is 4.79 Å². The molecule has 0 fully saturated rings. The fourth-order valence-corrected chi connectivity index (χ4v) is 3.36. The van der Waals surface area contributed by atoms with E-state index in [4.69, 9.17) is 10.1 Å². The van der Waals surface area contributed by atoms with Gasteiger partial charge in [-0.15, -0.1) is 12.4 Å². The minimum atomic E-state index is -0.192. The van der Waals surface area contributed by atoms with Crippen LogP contribution in [0, 0.1) is 5.41 Å². The lowest BCUT2D eigenvalue weighted by Crippen LogP contribution is -2.32. The first-order chi connectivity index (χ1) is 15.7. The SMILES string of the molecule is Cl.N=C(NCc1ccccc1)c1cccn(Cc2ccc(OCc3ccccc3)cc2)c1=O. The third kappa shape index (κ3) is 6.57. The number of nitrogens with zero attached hydrogens (tertiary/aromatic N) is 1. The molecule has 3 aromatic carbocycles. The van der Waals surface area contributed by atoms with Gasteiger partial charge in [0.1, 0.15) is 18.2 Å². The molecule has 0 radical (unpaired) electrons. The summed E-state index contributed by atoms with van der Waals surface area (Å²) in [5.74, 6) is 0.906. The molecule has 1 aromatic heterocycles. The number of benzene rings is 3. The summed E-state index contributed by atoms with van der Waals surface area (Å²) >= 11 is 0. The molecule has 4 rings (SSSR count). The summed E-state index contributed by atoms with van der Waals surface area (Å²) in [6, 6.07) is 31.1. The van der Waals surface area contributed by atoms with Crippen molar-refractivity contribution in [2.75, 3.05) is 0 Å². The summed E-state index contributed by atoms with van der Waals surface area (Å²) in [6.07, 6.45) is 1.75. The number of rotatable bonds is 8. The van der Waals surface area contributed by atoms with Crippen molar-refractivity contribution in [2.24, 2.45) is 0 Å². The minimum absolute atomic E-state index is 0. The summed E-state index contributed by atoms with van der Waals surface area (Å²) in [7, 11) is 0. The molecular weight excluding hydrogens is 434 g/mol. The number of aromatic nitrogens is 1. The number of hydrogen-bond donors (Lipinski definition) is 2. The van der Waals surface area contributed by atoms with Crippen LogP contribution in [0.3, 0.4) is 0 Å². The van der Waals surface area contributed by atoms with Gasteiger partial charge in [0.05, 0.1) is 12.1 Å².